The molecule has 0 radical (unpaired) electrons. The van der Waals surface area contributed by atoms with Crippen LogP contribution in [0.1, 0.15) is 0 Å². The first kappa shape index (κ1) is 11.1. The molecule has 0 fully saturated rings. The third-order valence-corrected chi connectivity index (χ3v) is 3.52. The van der Waals surface area contributed by atoms with Crippen LogP contribution in [0, 0.1) is 0 Å². The van der Waals surface area contributed by atoms with Crippen molar-refractivity contribution in [2.75, 3.05) is 5.73 Å². The van der Waals surface area contributed by atoms with Gasteiger partial charge in [-0.2, -0.15) is 0 Å². The van der Waals surface area contributed by atoms with E-state index in [9.17, 15) is 0 Å². The number of anilines is 1. The predicted molar refractivity (Wildman–Crippen MR) is 82.5 cm³/mol. The molecule has 0 spiro atoms. The fourth-order valence-electron chi connectivity index (χ4n) is 2.50. The first-order chi connectivity index (χ1) is 9.79. The molecule has 0 aliphatic carbocycles. The van der Waals surface area contributed by atoms with Gasteiger partial charge in [0.25, 0.3) is 0 Å². The molecule has 0 amide bonds. The highest BCUT2D eigenvalue weighted by Crippen LogP contribution is 2.24. The number of hydrogen-bond acceptors (Lipinski definition) is 2. The molecule has 2 aromatic heterocycles. The molecule has 3 nitrogen and oxygen atoms in total. The predicted octanol–water partition coefficient (Wildman–Crippen LogP) is 3.74. The number of hydrogen-bond donors (Lipinski definition) is 1. The van der Waals surface area contributed by atoms with Crippen LogP contribution in [0.3, 0.4) is 0 Å². The molecule has 2 aromatic carbocycles. The summed E-state index contributed by atoms with van der Waals surface area (Å²) >= 11 is 0. The van der Waals surface area contributed by atoms with Gasteiger partial charge in [-0.1, -0.05) is 36.4 Å². The van der Waals surface area contributed by atoms with Gasteiger partial charge in [0.05, 0.1) is 5.69 Å². The Kier molecular flexibility index (Phi) is 2.27. The van der Waals surface area contributed by atoms with Crippen LogP contribution >= 0.6 is 0 Å². The summed E-state index contributed by atoms with van der Waals surface area (Å²) in [5.41, 5.74) is 9.51. The molecule has 0 saturated carbocycles. The Bertz CT molecular complexity index is 922. The lowest BCUT2D eigenvalue weighted by Crippen LogP contribution is -1.88. The molecule has 0 atom stereocenters. The Morgan fingerprint density at radius 3 is 2.60 bits per heavy atom. The number of imidazole rings is 1. The lowest BCUT2D eigenvalue weighted by Gasteiger charge is -2.00. The third-order valence-electron chi connectivity index (χ3n) is 3.52. The molecule has 4 aromatic rings. The lowest BCUT2D eigenvalue weighted by atomic mass is 10.1. The Hall–Kier alpha value is -2.81. The SMILES string of the molecule is Nc1ccc2nc(-c3ccc4ccccc4c3)cn2c1. The summed E-state index contributed by atoms with van der Waals surface area (Å²) in [6, 6.07) is 18.5. The van der Waals surface area contributed by atoms with Crippen LogP contribution in [0.2, 0.25) is 0 Å². The second kappa shape index (κ2) is 4.10. The standard InChI is InChI=1S/C17H13N3/c18-15-7-8-17-19-16(11-20(17)10-15)14-6-5-12-3-1-2-4-13(12)9-14/h1-11H,18H2. The lowest BCUT2D eigenvalue weighted by molar-refractivity contribution is 1.19. The number of nitrogens with two attached hydrogens (primary N) is 1. The fourth-order valence-corrected chi connectivity index (χ4v) is 2.50. The molecule has 96 valence electrons. The second-order valence-electron chi connectivity index (χ2n) is 4.92. The Morgan fingerprint density at radius 2 is 1.70 bits per heavy atom. The van der Waals surface area contributed by atoms with Crippen molar-refractivity contribution in [1.82, 2.24) is 9.38 Å². The van der Waals surface area contributed by atoms with Gasteiger partial charge in [0, 0.05) is 23.6 Å². The van der Waals surface area contributed by atoms with Crippen molar-refractivity contribution in [3.63, 3.8) is 0 Å². The maximum Gasteiger partial charge on any atom is 0.137 e. The zero-order chi connectivity index (χ0) is 13.5. The minimum absolute atomic E-state index is 0.736. The molecule has 2 heterocycles. The highest BCUT2D eigenvalue weighted by Gasteiger charge is 2.05. The Labute approximate surface area is 116 Å². The molecule has 3 heteroatoms. The number of fused-ring (bicyclic) bond motifs is 2. The van der Waals surface area contributed by atoms with Gasteiger partial charge in [0.1, 0.15) is 5.65 Å². The first-order valence-electron chi connectivity index (χ1n) is 6.53. The van der Waals surface area contributed by atoms with Crippen LogP contribution in [-0.4, -0.2) is 9.38 Å². The molecule has 0 bridgehead atoms. The summed E-state index contributed by atoms with van der Waals surface area (Å²) < 4.78 is 1.96. The molecule has 2 N–H and O–H groups in total. The van der Waals surface area contributed by atoms with Crippen molar-refractivity contribution in [2.45, 2.75) is 0 Å². The van der Waals surface area contributed by atoms with Crippen LogP contribution in [0.25, 0.3) is 27.7 Å². The van der Waals surface area contributed by atoms with Gasteiger partial charge < -0.3 is 10.1 Å². The average Bonchev–Trinajstić information content (AvgIpc) is 2.89. The van der Waals surface area contributed by atoms with Gasteiger partial charge in [0.2, 0.25) is 0 Å². The summed E-state index contributed by atoms with van der Waals surface area (Å²) in [5.74, 6) is 0. The summed E-state index contributed by atoms with van der Waals surface area (Å²) in [6.45, 7) is 0. The average molecular weight is 259 g/mol. The fraction of sp³-hybridized carbons (Fsp3) is 0. The number of pyridine rings is 1. The third kappa shape index (κ3) is 1.72. The summed E-state index contributed by atoms with van der Waals surface area (Å²) in [4.78, 5) is 4.64. The first-order valence-corrected chi connectivity index (χ1v) is 6.53. The van der Waals surface area contributed by atoms with E-state index in [0.29, 0.717) is 0 Å². The summed E-state index contributed by atoms with van der Waals surface area (Å²) in [6.07, 6.45) is 3.89. The van der Waals surface area contributed by atoms with E-state index >= 15 is 0 Å². The number of nitrogens with zero attached hydrogens (tertiary/aromatic N) is 2. The highest BCUT2D eigenvalue weighted by atomic mass is 15.0. The largest absolute Gasteiger partial charge is 0.398 e. The zero-order valence-corrected chi connectivity index (χ0v) is 10.8. The van der Waals surface area contributed by atoms with E-state index in [1.165, 1.54) is 10.8 Å². The van der Waals surface area contributed by atoms with Crippen molar-refractivity contribution < 1.29 is 0 Å². The Morgan fingerprint density at radius 1 is 0.850 bits per heavy atom. The van der Waals surface area contributed by atoms with E-state index in [-0.39, 0.29) is 0 Å². The van der Waals surface area contributed by atoms with E-state index in [2.05, 4.69) is 47.4 Å². The molecule has 0 aliphatic heterocycles. The molecule has 0 saturated heterocycles. The van der Waals surface area contributed by atoms with E-state index in [0.717, 1.165) is 22.6 Å². The zero-order valence-electron chi connectivity index (χ0n) is 10.8. The molecule has 4 rings (SSSR count). The number of aromatic nitrogens is 2. The maximum atomic E-state index is 5.80. The number of benzene rings is 2. The quantitative estimate of drug-likeness (QED) is 0.566. The van der Waals surface area contributed by atoms with Gasteiger partial charge >= 0.3 is 0 Å². The second-order valence-corrected chi connectivity index (χ2v) is 4.92. The molecular formula is C17H13N3. The monoisotopic (exact) mass is 259 g/mol. The molecule has 0 aliphatic rings. The van der Waals surface area contributed by atoms with Gasteiger partial charge in [-0.05, 0) is 29.0 Å². The van der Waals surface area contributed by atoms with Gasteiger partial charge in [-0.3, -0.25) is 0 Å². The van der Waals surface area contributed by atoms with Crippen molar-refractivity contribution in [2.24, 2.45) is 0 Å². The van der Waals surface area contributed by atoms with Crippen LogP contribution in [-0.2, 0) is 0 Å². The van der Waals surface area contributed by atoms with E-state index in [4.69, 9.17) is 5.73 Å². The normalized spacial score (nSPS) is 11.2. The molecule has 0 unspecified atom stereocenters. The Balaban J connectivity index is 1.91. The minimum Gasteiger partial charge on any atom is -0.398 e. The summed E-state index contributed by atoms with van der Waals surface area (Å²) in [5, 5.41) is 2.46. The van der Waals surface area contributed by atoms with Gasteiger partial charge in [-0.25, -0.2) is 4.98 Å². The van der Waals surface area contributed by atoms with E-state index in [1.54, 1.807) is 0 Å². The number of rotatable bonds is 1. The minimum atomic E-state index is 0.736. The maximum absolute atomic E-state index is 5.80. The van der Waals surface area contributed by atoms with Crippen LogP contribution in [0.15, 0.2) is 67.0 Å². The van der Waals surface area contributed by atoms with Crippen LogP contribution in [0.5, 0.6) is 0 Å². The van der Waals surface area contributed by atoms with E-state index in [1.807, 2.05) is 28.9 Å². The van der Waals surface area contributed by atoms with Gasteiger partial charge in [0.15, 0.2) is 0 Å². The highest BCUT2D eigenvalue weighted by molar-refractivity contribution is 5.86. The smallest absolute Gasteiger partial charge is 0.137 e. The van der Waals surface area contributed by atoms with Crippen molar-refractivity contribution in [3.05, 3.63) is 67.0 Å². The number of nitrogen functional groups attached to an aromatic ring is 1. The van der Waals surface area contributed by atoms with Crippen molar-refractivity contribution >= 4 is 22.1 Å². The summed E-state index contributed by atoms with van der Waals surface area (Å²) in [7, 11) is 0. The van der Waals surface area contributed by atoms with E-state index < -0.39 is 0 Å². The van der Waals surface area contributed by atoms with Crippen LogP contribution < -0.4 is 5.73 Å². The molecule has 20 heavy (non-hydrogen) atoms. The topological polar surface area (TPSA) is 43.3 Å². The van der Waals surface area contributed by atoms with Crippen molar-refractivity contribution in [1.29, 1.82) is 0 Å². The van der Waals surface area contributed by atoms with Crippen molar-refractivity contribution in [3.8, 4) is 11.3 Å². The molecular weight excluding hydrogens is 246 g/mol. The van der Waals surface area contributed by atoms with Gasteiger partial charge in [-0.15, -0.1) is 0 Å². The van der Waals surface area contributed by atoms with Crippen LogP contribution in [0.4, 0.5) is 5.69 Å².